The molecule has 0 unspecified atom stereocenters. The van der Waals surface area contributed by atoms with Crippen molar-refractivity contribution in [2.45, 2.75) is 46.2 Å². The molecule has 2 amide bonds. The van der Waals surface area contributed by atoms with Gasteiger partial charge in [-0.3, -0.25) is 9.59 Å². The molecule has 5 nitrogen and oxygen atoms in total. The average Bonchev–Trinajstić information content (AvgIpc) is 2.87. The Bertz CT molecular complexity index is 1160. The first kappa shape index (κ1) is 27.8. The summed E-state index contributed by atoms with van der Waals surface area (Å²) in [6.07, 6.45) is 1.21. The zero-order valence-corrected chi connectivity index (χ0v) is 23.2. The molecule has 36 heavy (non-hydrogen) atoms. The van der Waals surface area contributed by atoms with Crippen LogP contribution in [0.15, 0.2) is 71.2 Å². The average molecular weight is 572 g/mol. The van der Waals surface area contributed by atoms with Gasteiger partial charge in [0.25, 0.3) is 5.91 Å². The topological polar surface area (TPSA) is 58.6 Å². The second kappa shape index (κ2) is 13.5. The Kier molecular flexibility index (Phi) is 10.4. The van der Waals surface area contributed by atoms with Crippen LogP contribution in [0.5, 0.6) is 5.75 Å². The van der Waals surface area contributed by atoms with Crippen molar-refractivity contribution >= 4 is 39.3 Å². The van der Waals surface area contributed by atoms with Gasteiger partial charge in [0.1, 0.15) is 11.8 Å². The van der Waals surface area contributed by atoms with E-state index in [1.165, 1.54) is 0 Å². The van der Waals surface area contributed by atoms with Crippen molar-refractivity contribution in [3.05, 3.63) is 98.5 Å². The van der Waals surface area contributed by atoms with Crippen LogP contribution in [-0.4, -0.2) is 35.9 Å². The zero-order chi connectivity index (χ0) is 26.1. The molecule has 3 rings (SSSR count). The third-order valence-corrected chi connectivity index (χ3v) is 6.92. The first-order chi connectivity index (χ1) is 17.3. The highest BCUT2D eigenvalue weighted by Gasteiger charge is 2.30. The summed E-state index contributed by atoms with van der Waals surface area (Å²) in [5, 5.41) is 3.66. The van der Waals surface area contributed by atoms with Crippen LogP contribution in [0.3, 0.4) is 0 Å². The second-order valence-corrected chi connectivity index (χ2v) is 10.1. The van der Waals surface area contributed by atoms with E-state index in [9.17, 15) is 9.59 Å². The smallest absolute Gasteiger partial charge is 0.261 e. The molecule has 0 aromatic heterocycles. The van der Waals surface area contributed by atoms with Gasteiger partial charge < -0.3 is 15.0 Å². The van der Waals surface area contributed by atoms with E-state index in [1.807, 2.05) is 87.5 Å². The lowest BCUT2D eigenvalue weighted by atomic mass is 10.0. The molecule has 190 valence electrons. The molecule has 1 atom stereocenters. The van der Waals surface area contributed by atoms with Crippen LogP contribution in [0, 0.1) is 13.8 Å². The lowest BCUT2D eigenvalue weighted by Gasteiger charge is -2.31. The van der Waals surface area contributed by atoms with Crippen LogP contribution in [0.25, 0.3) is 0 Å². The number of carbonyl (C=O) groups excluding carboxylic acids is 2. The van der Waals surface area contributed by atoms with Gasteiger partial charge in [-0.2, -0.15) is 0 Å². The van der Waals surface area contributed by atoms with Crippen LogP contribution in [0.2, 0.25) is 5.02 Å². The highest BCUT2D eigenvalue weighted by molar-refractivity contribution is 9.10. The standard InChI is InChI=1S/C29H32BrClN2O3/c1-4-13-32-29(35)26(17-22-9-6-5-7-10-22)33(18-23-11-8-12-24(30)16-23)27(34)19-36-25-14-20(2)28(31)21(3)15-25/h5-12,14-16,26H,4,13,17-19H2,1-3H3,(H,32,35)/t26-/m0/s1. The summed E-state index contributed by atoms with van der Waals surface area (Å²) in [5.74, 6) is 0.121. The summed E-state index contributed by atoms with van der Waals surface area (Å²) in [7, 11) is 0. The SMILES string of the molecule is CCCNC(=O)[C@H](Cc1ccccc1)N(Cc1cccc(Br)c1)C(=O)COc1cc(C)c(Cl)c(C)c1. The highest BCUT2D eigenvalue weighted by atomic mass is 79.9. The third-order valence-electron chi connectivity index (χ3n) is 5.83. The third kappa shape index (κ3) is 7.84. The number of halogens is 2. The fraction of sp³-hybridized carbons (Fsp3) is 0.310. The molecule has 0 saturated heterocycles. The maximum atomic E-state index is 13.6. The predicted octanol–water partition coefficient (Wildman–Crippen LogP) is 6.26. The van der Waals surface area contributed by atoms with Crippen LogP contribution in [-0.2, 0) is 22.6 Å². The molecule has 0 fully saturated rings. The number of rotatable bonds is 11. The second-order valence-electron chi connectivity index (χ2n) is 8.81. The first-order valence-electron chi connectivity index (χ1n) is 12.0. The molecule has 0 bridgehead atoms. The summed E-state index contributed by atoms with van der Waals surface area (Å²) < 4.78 is 6.81. The molecule has 0 radical (unpaired) electrons. The lowest BCUT2D eigenvalue weighted by molar-refractivity contribution is -0.142. The zero-order valence-electron chi connectivity index (χ0n) is 20.9. The fourth-order valence-corrected chi connectivity index (χ4v) is 4.53. The van der Waals surface area contributed by atoms with Crippen molar-refractivity contribution in [1.29, 1.82) is 0 Å². The van der Waals surface area contributed by atoms with Gasteiger partial charge in [-0.15, -0.1) is 0 Å². The summed E-state index contributed by atoms with van der Waals surface area (Å²) >= 11 is 9.79. The van der Waals surface area contributed by atoms with E-state index >= 15 is 0 Å². The molecule has 0 aliphatic carbocycles. The Hall–Kier alpha value is -2.83. The van der Waals surface area contributed by atoms with Crippen molar-refractivity contribution in [3.8, 4) is 5.75 Å². The minimum Gasteiger partial charge on any atom is -0.484 e. The molecule has 3 aromatic rings. The van der Waals surface area contributed by atoms with Crippen molar-refractivity contribution in [1.82, 2.24) is 10.2 Å². The molecule has 7 heteroatoms. The summed E-state index contributed by atoms with van der Waals surface area (Å²) in [6, 6.07) is 20.4. The predicted molar refractivity (Wildman–Crippen MR) is 148 cm³/mol. The molecule has 0 aliphatic heterocycles. The number of benzene rings is 3. The van der Waals surface area contributed by atoms with E-state index in [1.54, 1.807) is 4.90 Å². The number of carbonyl (C=O) groups is 2. The van der Waals surface area contributed by atoms with Crippen LogP contribution >= 0.6 is 27.5 Å². The van der Waals surface area contributed by atoms with Crippen LogP contribution in [0.1, 0.15) is 35.6 Å². The van der Waals surface area contributed by atoms with Crippen molar-refractivity contribution in [2.24, 2.45) is 0 Å². The normalized spacial score (nSPS) is 11.6. The van der Waals surface area contributed by atoms with Crippen molar-refractivity contribution in [2.75, 3.05) is 13.2 Å². The molecule has 0 saturated carbocycles. The van der Waals surface area contributed by atoms with E-state index in [2.05, 4.69) is 21.2 Å². The Morgan fingerprint density at radius 2 is 1.67 bits per heavy atom. The van der Waals surface area contributed by atoms with E-state index in [0.717, 1.165) is 33.1 Å². The van der Waals surface area contributed by atoms with E-state index < -0.39 is 6.04 Å². The summed E-state index contributed by atoms with van der Waals surface area (Å²) in [6.45, 7) is 6.43. The molecule has 3 aromatic carbocycles. The minimum absolute atomic E-state index is 0.178. The lowest BCUT2D eigenvalue weighted by Crippen LogP contribution is -2.51. The van der Waals surface area contributed by atoms with Crippen LogP contribution < -0.4 is 10.1 Å². The van der Waals surface area contributed by atoms with Gasteiger partial charge in [0.2, 0.25) is 5.91 Å². The van der Waals surface area contributed by atoms with E-state index in [4.69, 9.17) is 16.3 Å². The summed E-state index contributed by atoms with van der Waals surface area (Å²) in [4.78, 5) is 28.6. The van der Waals surface area contributed by atoms with Crippen molar-refractivity contribution < 1.29 is 14.3 Å². The Morgan fingerprint density at radius 3 is 2.31 bits per heavy atom. The molecule has 0 heterocycles. The van der Waals surface area contributed by atoms with Gasteiger partial charge in [0.05, 0.1) is 0 Å². The van der Waals surface area contributed by atoms with Crippen LogP contribution in [0.4, 0.5) is 0 Å². The molecule has 0 spiro atoms. The van der Waals surface area contributed by atoms with Gasteiger partial charge >= 0.3 is 0 Å². The first-order valence-corrected chi connectivity index (χ1v) is 13.2. The molecular weight excluding hydrogens is 540 g/mol. The number of hydrogen-bond donors (Lipinski definition) is 1. The Labute approximate surface area is 226 Å². The highest BCUT2D eigenvalue weighted by Crippen LogP contribution is 2.26. The Morgan fingerprint density at radius 1 is 1.00 bits per heavy atom. The molecular formula is C29H32BrClN2O3. The van der Waals surface area contributed by atoms with Crippen molar-refractivity contribution in [3.63, 3.8) is 0 Å². The number of ether oxygens (including phenoxy) is 1. The van der Waals surface area contributed by atoms with E-state index in [-0.39, 0.29) is 25.0 Å². The number of nitrogens with one attached hydrogen (secondary N) is 1. The molecule has 0 aliphatic rings. The quantitative estimate of drug-likeness (QED) is 0.295. The number of hydrogen-bond acceptors (Lipinski definition) is 3. The van der Waals surface area contributed by atoms with E-state index in [0.29, 0.717) is 23.7 Å². The van der Waals surface area contributed by atoms with Gasteiger partial charge in [0, 0.05) is 29.0 Å². The number of nitrogens with zero attached hydrogens (tertiary/aromatic N) is 1. The van der Waals surface area contributed by atoms with Gasteiger partial charge in [-0.05, 0) is 66.8 Å². The largest absolute Gasteiger partial charge is 0.484 e. The maximum absolute atomic E-state index is 13.6. The number of aryl methyl sites for hydroxylation is 2. The molecule has 1 N–H and O–H groups in total. The maximum Gasteiger partial charge on any atom is 0.261 e. The number of amides is 2. The van der Waals surface area contributed by atoms with Gasteiger partial charge in [-0.1, -0.05) is 76.9 Å². The monoisotopic (exact) mass is 570 g/mol. The van der Waals surface area contributed by atoms with Gasteiger partial charge in [-0.25, -0.2) is 0 Å². The summed E-state index contributed by atoms with van der Waals surface area (Å²) in [5.41, 5.74) is 3.65. The van der Waals surface area contributed by atoms with Gasteiger partial charge in [0.15, 0.2) is 6.61 Å². The minimum atomic E-state index is -0.692. The fourth-order valence-electron chi connectivity index (χ4n) is 3.97. The Balaban J connectivity index is 1.91.